The highest BCUT2D eigenvalue weighted by Crippen LogP contribution is 2.17. The highest BCUT2D eigenvalue weighted by Gasteiger charge is 2.33. The molecule has 1 fully saturated rings. The fraction of sp³-hybridized carbons (Fsp3) is 1.00. The summed E-state index contributed by atoms with van der Waals surface area (Å²) in [5.74, 6) is -2.65. The molecule has 1 saturated heterocycles. The molecule has 1 rings (SSSR count). The van der Waals surface area contributed by atoms with E-state index in [0.29, 0.717) is 19.8 Å². The van der Waals surface area contributed by atoms with E-state index in [9.17, 15) is 8.78 Å². The molecule has 0 amide bonds. The van der Waals surface area contributed by atoms with E-state index in [1.165, 1.54) is 7.05 Å². The molecule has 1 aliphatic rings. The van der Waals surface area contributed by atoms with Crippen molar-refractivity contribution in [1.82, 2.24) is 10.2 Å². The fourth-order valence-electron chi connectivity index (χ4n) is 1.61. The Morgan fingerprint density at radius 3 is 2.86 bits per heavy atom. The summed E-state index contributed by atoms with van der Waals surface area (Å²) in [7, 11) is 1.54. The molecule has 5 heteroatoms. The Kier molecular flexibility index (Phi) is 4.22. The van der Waals surface area contributed by atoms with Crippen molar-refractivity contribution in [3.8, 4) is 0 Å². The molecule has 0 radical (unpaired) electrons. The van der Waals surface area contributed by atoms with Gasteiger partial charge in [0.1, 0.15) is 0 Å². The zero-order valence-corrected chi connectivity index (χ0v) is 8.72. The van der Waals surface area contributed by atoms with Crippen LogP contribution < -0.4 is 5.32 Å². The molecule has 0 aromatic heterocycles. The maximum absolute atomic E-state index is 13.2. The van der Waals surface area contributed by atoms with Gasteiger partial charge in [0.15, 0.2) is 0 Å². The molecule has 14 heavy (non-hydrogen) atoms. The van der Waals surface area contributed by atoms with Gasteiger partial charge in [-0.15, -0.1) is 0 Å². The molecule has 0 aromatic carbocycles. The van der Waals surface area contributed by atoms with Gasteiger partial charge in [-0.3, -0.25) is 4.90 Å². The van der Waals surface area contributed by atoms with E-state index >= 15 is 0 Å². The van der Waals surface area contributed by atoms with Gasteiger partial charge in [0.25, 0.3) is 5.92 Å². The van der Waals surface area contributed by atoms with E-state index < -0.39 is 5.92 Å². The standard InChI is InChI=1S/C9H18F2N2O/c1-8-5-14-4-3-13(8)7-9(10,11)6-12-2/h8,12H,3-7H2,1-2H3. The van der Waals surface area contributed by atoms with Crippen LogP contribution in [0.2, 0.25) is 0 Å². The summed E-state index contributed by atoms with van der Waals surface area (Å²) >= 11 is 0. The molecule has 1 N–H and O–H groups in total. The Bertz CT molecular complexity index is 178. The lowest BCUT2D eigenvalue weighted by atomic mass is 10.2. The van der Waals surface area contributed by atoms with E-state index in [2.05, 4.69) is 5.32 Å². The zero-order chi connectivity index (χ0) is 10.6. The highest BCUT2D eigenvalue weighted by molar-refractivity contribution is 4.79. The Morgan fingerprint density at radius 1 is 1.57 bits per heavy atom. The zero-order valence-electron chi connectivity index (χ0n) is 8.72. The van der Waals surface area contributed by atoms with Crippen molar-refractivity contribution in [3.63, 3.8) is 0 Å². The van der Waals surface area contributed by atoms with Gasteiger partial charge in [-0.2, -0.15) is 0 Å². The lowest BCUT2D eigenvalue weighted by Crippen LogP contribution is -2.51. The number of hydrogen-bond donors (Lipinski definition) is 1. The first kappa shape index (κ1) is 11.8. The van der Waals surface area contributed by atoms with Gasteiger partial charge in [0, 0.05) is 12.6 Å². The molecule has 1 unspecified atom stereocenters. The predicted molar refractivity (Wildman–Crippen MR) is 50.7 cm³/mol. The summed E-state index contributed by atoms with van der Waals surface area (Å²) < 4.78 is 31.7. The van der Waals surface area contributed by atoms with E-state index in [0.717, 1.165) is 0 Å². The smallest absolute Gasteiger partial charge is 0.272 e. The summed E-state index contributed by atoms with van der Waals surface area (Å²) in [6.07, 6.45) is 0. The number of hydrogen-bond acceptors (Lipinski definition) is 3. The number of ether oxygens (including phenoxy) is 1. The van der Waals surface area contributed by atoms with E-state index in [4.69, 9.17) is 4.74 Å². The normalized spacial score (nSPS) is 25.3. The first-order chi connectivity index (χ1) is 6.55. The summed E-state index contributed by atoms with van der Waals surface area (Å²) in [6, 6.07) is 0.0893. The third-order valence-electron chi connectivity index (χ3n) is 2.38. The van der Waals surface area contributed by atoms with Crippen molar-refractivity contribution < 1.29 is 13.5 Å². The number of nitrogens with zero attached hydrogens (tertiary/aromatic N) is 1. The Morgan fingerprint density at radius 2 is 2.29 bits per heavy atom. The number of halogens is 2. The maximum Gasteiger partial charge on any atom is 0.272 e. The first-order valence-electron chi connectivity index (χ1n) is 4.89. The molecule has 0 saturated carbocycles. The number of nitrogens with one attached hydrogen (secondary N) is 1. The van der Waals surface area contributed by atoms with Gasteiger partial charge in [0.05, 0.1) is 26.3 Å². The second-order valence-electron chi connectivity index (χ2n) is 3.78. The molecule has 84 valence electrons. The number of rotatable bonds is 4. The van der Waals surface area contributed by atoms with Gasteiger partial charge < -0.3 is 10.1 Å². The lowest BCUT2D eigenvalue weighted by molar-refractivity contribution is -0.0735. The van der Waals surface area contributed by atoms with Crippen molar-refractivity contribution in [2.45, 2.75) is 18.9 Å². The monoisotopic (exact) mass is 208 g/mol. The summed E-state index contributed by atoms with van der Waals surface area (Å²) in [4.78, 5) is 1.78. The van der Waals surface area contributed by atoms with Crippen LogP contribution in [0.5, 0.6) is 0 Å². The largest absolute Gasteiger partial charge is 0.379 e. The molecule has 1 aliphatic heterocycles. The number of morpholine rings is 1. The second-order valence-corrected chi connectivity index (χ2v) is 3.78. The molecule has 1 heterocycles. The summed E-state index contributed by atoms with van der Waals surface area (Å²) in [6.45, 7) is 3.17. The third kappa shape index (κ3) is 3.48. The van der Waals surface area contributed by atoms with Gasteiger partial charge in [0.2, 0.25) is 0 Å². The minimum atomic E-state index is -2.65. The average Bonchev–Trinajstić information content (AvgIpc) is 2.08. The van der Waals surface area contributed by atoms with E-state index in [1.54, 1.807) is 4.90 Å². The molecule has 0 spiro atoms. The van der Waals surface area contributed by atoms with Crippen molar-refractivity contribution >= 4 is 0 Å². The third-order valence-corrected chi connectivity index (χ3v) is 2.38. The van der Waals surface area contributed by atoms with E-state index in [-0.39, 0.29) is 19.1 Å². The topological polar surface area (TPSA) is 24.5 Å². The molecule has 1 atom stereocenters. The van der Waals surface area contributed by atoms with Crippen LogP contribution in [0, 0.1) is 0 Å². The summed E-state index contributed by atoms with van der Waals surface area (Å²) in [5.41, 5.74) is 0. The Balaban J connectivity index is 2.40. The van der Waals surface area contributed by atoms with Crippen LogP contribution in [0.15, 0.2) is 0 Å². The molecular weight excluding hydrogens is 190 g/mol. The van der Waals surface area contributed by atoms with Crippen molar-refractivity contribution in [1.29, 1.82) is 0 Å². The molecule has 0 aromatic rings. The lowest BCUT2D eigenvalue weighted by Gasteiger charge is -2.35. The number of alkyl halides is 2. The SMILES string of the molecule is CNCC(F)(F)CN1CCOCC1C. The predicted octanol–water partition coefficient (Wildman–Crippen LogP) is 0.562. The molecule has 0 aliphatic carbocycles. The van der Waals surface area contributed by atoms with Crippen molar-refractivity contribution in [3.05, 3.63) is 0 Å². The average molecular weight is 208 g/mol. The van der Waals surface area contributed by atoms with Crippen LogP contribution in [0.4, 0.5) is 8.78 Å². The van der Waals surface area contributed by atoms with Crippen LogP contribution in [0.25, 0.3) is 0 Å². The minimum Gasteiger partial charge on any atom is -0.379 e. The van der Waals surface area contributed by atoms with Crippen molar-refractivity contribution in [2.24, 2.45) is 0 Å². The summed E-state index contributed by atoms with van der Waals surface area (Å²) in [5, 5.41) is 2.50. The van der Waals surface area contributed by atoms with Crippen LogP contribution in [-0.4, -0.2) is 56.8 Å². The van der Waals surface area contributed by atoms with Gasteiger partial charge >= 0.3 is 0 Å². The molecular formula is C9H18F2N2O. The van der Waals surface area contributed by atoms with Crippen LogP contribution in [0.3, 0.4) is 0 Å². The first-order valence-corrected chi connectivity index (χ1v) is 4.89. The second kappa shape index (κ2) is 5.00. The van der Waals surface area contributed by atoms with Crippen LogP contribution >= 0.6 is 0 Å². The van der Waals surface area contributed by atoms with E-state index in [1.807, 2.05) is 6.92 Å². The maximum atomic E-state index is 13.2. The Hall–Kier alpha value is -0.260. The van der Waals surface area contributed by atoms with Crippen LogP contribution in [-0.2, 0) is 4.74 Å². The quantitative estimate of drug-likeness (QED) is 0.730. The molecule has 0 bridgehead atoms. The fourth-order valence-corrected chi connectivity index (χ4v) is 1.61. The van der Waals surface area contributed by atoms with Gasteiger partial charge in [-0.05, 0) is 14.0 Å². The highest BCUT2D eigenvalue weighted by atomic mass is 19.3. The van der Waals surface area contributed by atoms with Gasteiger partial charge in [-0.25, -0.2) is 8.78 Å². The van der Waals surface area contributed by atoms with Crippen LogP contribution in [0.1, 0.15) is 6.92 Å². The van der Waals surface area contributed by atoms with Gasteiger partial charge in [-0.1, -0.05) is 0 Å². The minimum absolute atomic E-state index is 0.0893. The molecule has 3 nitrogen and oxygen atoms in total. The van der Waals surface area contributed by atoms with Crippen molar-refractivity contribution in [2.75, 3.05) is 39.9 Å². The Labute approximate surface area is 83.4 Å².